The van der Waals surface area contributed by atoms with E-state index in [9.17, 15) is 9.59 Å². The Bertz CT molecular complexity index is 530. The molecule has 0 atom stereocenters. The molecule has 0 radical (unpaired) electrons. The molecule has 0 aliphatic carbocycles. The van der Waals surface area contributed by atoms with Crippen molar-refractivity contribution in [1.82, 2.24) is 9.97 Å². The first-order chi connectivity index (χ1) is 9.02. The number of carboxylic acid groups (broad SMARTS) is 1. The molecule has 2 N–H and O–H groups in total. The molecular formula is C13H19N3O3. The highest BCUT2D eigenvalue weighted by Crippen LogP contribution is 2.20. The number of rotatable bonds is 3. The Morgan fingerprint density at radius 1 is 1.47 bits per heavy atom. The predicted octanol–water partition coefficient (Wildman–Crippen LogP) is 0.942. The molecule has 0 spiro atoms. The number of anilines is 1. The summed E-state index contributed by atoms with van der Waals surface area (Å²) in [5, 5.41) is 8.96. The number of carbonyl (C=O) groups is 1. The van der Waals surface area contributed by atoms with E-state index in [0.29, 0.717) is 43.9 Å². The van der Waals surface area contributed by atoms with Gasteiger partial charge in [0.15, 0.2) is 0 Å². The minimum Gasteiger partial charge on any atom is -0.481 e. The van der Waals surface area contributed by atoms with Crippen molar-refractivity contribution in [3.05, 3.63) is 21.6 Å². The molecular weight excluding hydrogens is 246 g/mol. The Hall–Kier alpha value is -1.85. The van der Waals surface area contributed by atoms with E-state index in [-0.39, 0.29) is 11.5 Å². The molecule has 0 saturated carbocycles. The molecule has 1 aliphatic rings. The zero-order valence-corrected chi connectivity index (χ0v) is 11.3. The summed E-state index contributed by atoms with van der Waals surface area (Å²) >= 11 is 0. The minimum atomic E-state index is -0.737. The molecule has 6 heteroatoms. The normalized spacial score (nSPS) is 16.6. The van der Waals surface area contributed by atoms with Crippen molar-refractivity contribution in [1.29, 1.82) is 0 Å². The lowest BCUT2D eigenvalue weighted by Gasteiger charge is -2.30. The largest absolute Gasteiger partial charge is 0.481 e. The van der Waals surface area contributed by atoms with E-state index >= 15 is 0 Å². The quantitative estimate of drug-likeness (QED) is 0.849. The van der Waals surface area contributed by atoms with Crippen LogP contribution in [0, 0.1) is 12.8 Å². The van der Waals surface area contributed by atoms with Crippen LogP contribution in [-0.2, 0) is 11.2 Å². The smallest absolute Gasteiger partial charge is 0.306 e. The minimum absolute atomic E-state index is 0.0923. The van der Waals surface area contributed by atoms with Gasteiger partial charge in [-0.2, -0.15) is 0 Å². The second-order valence-corrected chi connectivity index (χ2v) is 4.91. The summed E-state index contributed by atoms with van der Waals surface area (Å²) in [6.45, 7) is 4.99. The lowest BCUT2D eigenvalue weighted by Crippen LogP contribution is -2.38. The zero-order valence-electron chi connectivity index (χ0n) is 11.3. The van der Waals surface area contributed by atoms with Crippen molar-refractivity contribution in [3.63, 3.8) is 0 Å². The van der Waals surface area contributed by atoms with E-state index in [1.807, 2.05) is 18.7 Å². The Morgan fingerprint density at radius 3 is 2.58 bits per heavy atom. The summed E-state index contributed by atoms with van der Waals surface area (Å²) < 4.78 is 0. The highest BCUT2D eigenvalue weighted by atomic mass is 16.4. The molecule has 0 unspecified atom stereocenters. The van der Waals surface area contributed by atoms with Crippen molar-refractivity contribution >= 4 is 11.9 Å². The maximum absolute atomic E-state index is 11.9. The van der Waals surface area contributed by atoms with E-state index in [0.717, 1.165) is 5.69 Å². The number of carboxylic acids is 1. The average Bonchev–Trinajstić information content (AvgIpc) is 2.38. The fourth-order valence-corrected chi connectivity index (χ4v) is 2.50. The third kappa shape index (κ3) is 2.77. The van der Waals surface area contributed by atoms with Crippen molar-refractivity contribution in [3.8, 4) is 0 Å². The summed E-state index contributed by atoms with van der Waals surface area (Å²) in [5.74, 6) is -0.457. The van der Waals surface area contributed by atoms with E-state index in [1.165, 1.54) is 0 Å². The third-order valence-electron chi connectivity index (χ3n) is 3.71. The van der Waals surface area contributed by atoms with Gasteiger partial charge in [-0.25, -0.2) is 4.98 Å². The van der Waals surface area contributed by atoms with Gasteiger partial charge >= 0.3 is 5.97 Å². The third-order valence-corrected chi connectivity index (χ3v) is 3.71. The monoisotopic (exact) mass is 265 g/mol. The number of H-pyrrole nitrogens is 1. The molecule has 19 heavy (non-hydrogen) atoms. The van der Waals surface area contributed by atoms with Crippen LogP contribution in [0.4, 0.5) is 5.95 Å². The van der Waals surface area contributed by atoms with Crippen LogP contribution in [0.25, 0.3) is 0 Å². The standard InChI is InChI=1S/C13H19N3O3/c1-3-10-8(2)14-13(15-11(10)17)16-6-4-9(5-7-16)12(18)19/h9H,3-7H2,1-2H3,(H,18,19)(H,14,15,17). The predicted molar refractivity (Wildman–Crippen MR) is 71.5 cm³/mol. The average molecular weight is 265 g/mol. The fourth-order valence-electron chi connectivity index (χ4n) is 2.50. The fraction of sp³-hybridized carbons (Fsp3) is 0.615. The van der Waals surface area contributed by atoms with Crippen molar-refractivity contribution in [2.45, 2.75) is 33.1 Å². The number of aromatic amines is 1. The van der Waals surface area contributed by atoms with Crippen molar-refractivity contribution < 1.29 is 9.90 Å². The molecule has 2 rings (SSSR count). The highest BCUT2D eigenvalue weighted by molar-refractivity contribution is 5.70. The summed E-state index contributed by atoms with van der Waals surface area (Å²) in [4.78, 5) is 32.0. The second kappa shape index (κ2) is 5.42. The van der Waals surface area contributed by atoms with E-state index in [4.69, 9.17) is 5.11 Å². The SMILES string of the molecule is CCc1c(C)nc(N2CCC(C(=O)O)CC2)[nH]c1=O. The first kappa shape index (κ1) is 13.6. The van der Waals surface area contributed by atoms with E-state index in [2.05, 4.69) is 9.97 Å². The van der Waals surface area contributed by atoms with Crippen LogP contribution in [0.5, 0.6) is 0 Å². The first-order valence-corrected chi connectivity index (χ1v) is 6.60. The lowest BCUT2D eigenvalue weighted by molar-refractivity contribution is -0.142. The summed E-state index contributed by atoms with van der Waals surface area (Å²) in [5.41, 5.74) is 1.37. The molecule has 1 fully saturated rings. The first-order valence-electron chi connectivity index (χ1n) is 6.60. The van der Waals surface area contributed by atoms with Crippen LogP contribution in [-0.4, -0.2) is 34.1 Å². The number of aromatic nitrogens is 2. The van der Waals surface area contributed by atoms with Gasteiger partial charge in [0.1, 0.15) is 0 Å². The van der Waals surface area contributed by atoms with Gasteiger partial charge in [-0.15, -0.1) is 0 Å². The Morgan fingerprint density at radius 2 is 2.11 bits per heavy atom. The molecule has 0 bridgehead atoms. The molecule has 2 heterocycles. The molecule has 1 aromatic heterocycles. The van der Waals surface area contributed by atoms with E-state index < -0.39 is 5.97 Å². The number of nitrogens with one attached hydrogen (secondary N) is 1. The summed E-state index contributed by atoms with van der Waals surface area (Å²) in [7, 11) is 0. The van der Waals surface area contributed by atoms with Crippen molar-refractivity contribution in [2.75, 3.05) is 18.0 Å². The van der Waals surface area contributed by atoms with E-state index in [1.54, 1.807) is 0 Å². The van der Waals surface area contributed by atoms with Crippen LogP contribution >= 0.6 is 0 Å². The number of aliphatic carboxylic acids is 1. The van der Waals surface area contributed by atoms with Crippen LogP contribution in [0.1, 0.15) is 31.0 Å². The number of nitrogens with zero attached hydrogens (tertiary/aromatic N) is 2. The molecule has 104 valence electrons. The molecule has 6 nitrogen and oxygen atoms in total. The molecule has 0 amide bonds. The molecule has 1 saturated heterocycles. The lowest BCUT2D eigenvalue weighted by atomic mass is 9.97. The number of piperidine rings is 1. The zero-order chi connectivity index (χ0) is 14.0. The van der Waals surface area contributed by atoms with Crippen molar-refractivity contribution in [2.24, 2.45) is 5.92 Å². The summed E-state index contributed by atoms with van der Waals surface area (Å²) in [6, 6.07) is 0. The van der Waals surface area contributed by atoms with Gasteiger partial charge < -0.3 is 10.0 Å². The van der Waals surface area contributed by atoms with Gasteiger partial charge in [-0.05, 0) is 26.2 Å². The van der Waals surface area contributed by atoms with Crippen LogP contribution in [0.15, 0.2) is 4.79 Å². The van der Waals surface area contributed by atoms with Crippen LogP contribution in [0.3, 0.4) is 0 Å². The number of aryl methyl sites for hydroxylation is 1. The molecule has 1 aromatic rings. The Kier molecular flexibility index (Phi) is 3.87. The van der Waals surface area contributed by atoms with Gasteiger partial charge in [0.25, 0.3) is 5.56 Å². The summed E-state index contributed by atoms with van der Waals surface area (Å²) in [6.07, 6.45) is 1.84. The topological polar surface area (TPSA) is 86.3 Å². The second-order valence-electron chi connectivity index (χ2n) is 4.91. The maximum atomic E-state index is 11.9. The van der Waals surface area contributed by atoms with Crippen LogP contribution < -0.4 is 10.5 Å². The highest BCUT2D eigenvalue weighted by Gasteiger charge is 2.25. The van der Waals surface area contributed by atoms with Crippen LogP contribution in [0.2, 0.25) is 0 Å². The number of hydrogen-bond acceptors (Lipinski definition) is 4. The maximum Gasteiger partial charge on any atom is 0.306 e. The number of hydrogen-bond donors (Lipinski definition) is 2. The van der Waals surface area contributed by atoms with Gasteiger partial charge in [0.05, 0.1) is 5.92 Å². The van der Waals surface area contributed by atoms with Gasteiger partial charge in [-0.3, -0.25) is 14.6 Å². The molecule has 1 aliphatic heterocycles. The Labute approximate surface area is 111 Å². The molecule has 0 aromatic carbocycles. The van der Waals surface area contributed by atoms with Gasteiger partial charge in [-0.1, -0.05) is 6.92 Å². The Balaban J connectivity index is 2.16. The van der Waals surface area contributed by atoms with Gasteiger partial charge in [0, 0.05) is 24.3 Å². The van der Waals surface area contributed by atoms with Gasteiger partial charge in [0.2, 0.25) is 5.95 Å².